The second-order valence-electron chi connectivity index (χ2n) is 5.42. The third-order valence-electron chi connectivity index (χ3n) is 3.79. The zero-order valence-corrected chi connectivity index (χ0v) is 12.0. The molecule has 2 N–H and O–H groups in total. The first-order chi connectivity index (χ1) is 8.88. The van der Waals surface area contributed by atoms with E-state index >= 15 is 0 Å². The monoisotopic (exact) mass is 272 g/mol. The summed E-state index contributed by atoms with van der Waals surface area (Å²) in [5, 5.41) is 12.0. The first-order valence-electron chi connectivity index (χ1n) is 6.67. The zero-order valence-electron chi connectivity index (χ0n) is 12.0. The maximum Gasteiger partial charge on any atom is 0.317 e. The number of nitrogens with one attached hydrogen (secondary N) is 1. The number of likely N-dealkylation sites (tertiary alicyclic amines) is 1. The Bertz CT molecular complexity index is 333. The van der Waals surface area contributed by atoms with Crippen LogP contribution in [0.1, 0.15) is 27.2 Å². The third kappa shape index (κ3) is 3.83. The van der Waals surface area contributed by atoms with Gasteiger partial charge in [0.1, 0.15) is 0 Å². The highest BCUT2D eigenvalue weighted by Gasteiger charge is 2.38. The van der Waals surface area contributed by atoms with Crippen LogP contribution in [0.4, 0.5) is 4.79 Å². The largest absolute Gasteiger partial charge is 0.481 e. The van der Waals surface area contributed by atoms with Gasteiger partial charge in [-0.15, -0.1) is 0 Å². The molecule has 0 aromatic carbocycles. The van der Waals surface area contributed by atoms with Crippen molar-refractivity contribution in [1.29, 1.82) is 0 Å². The predicted molar refractivity (Wildman–Crippen MR) is 70.9 cm³/mol. The van der Waals surface area contributed by atoms with Gasteiger partial charge in [-0.2, -0.15) is 0 Å². The van der Waals surface area contributed by atoms with Crippen LogP contribution in [0.3, 0.4) is 0 Å². The number of carbonyl (C=O) groups excluding carboxylic acids is 1. The second kappa shape index (κ2) is 6.75. The average Bonchev–Trinajstić information content (AvgIpc) is 2.70. The molecule has 0 spiro atoms. The van der Waals surface area contributed by atoms with Gasteiger partial charge >= 0.3 is 12.0 Å². The topological polar surface area (TPSA) is 78.9 Å². The highest BCUT2D eigenvalue weighted by molar-refractivity contribution is 5.78. The van der Waals surface area contributed by atoms with Crippen LogP contribution in [-0.4, -0.2) is 54.4 Å². The first-order valence-corrected chi connectivity index (χ1v) is 6.67. The van der Waals surface area contributed by atoms with Gasteiger partial charge in [-0.05, 0) is 19.3 Å². The number of rotatable bonds is 5. The van der Waals surface area contributed by atoms with Gasteiger partial charge in [0.25, 0.3) is 0 Å². The highest BCUT2D eigenvalue weighted by atomic mass is 16.5. The predicted octanol–water partition coefficient (Wildman–Crippen LogP) is 1.16. The van der Waals surface area contributed by atoms with E-state index < -0.39 is 11.9 Å². The molecule has 0 aromatic heterocycles. The lowest BCUT2D eigenvalue weighted by atomic mass is 10.0. The van der Waals surface area contributed by atoms with E-state index in [2.05, 4.69) is 5.32 Å². The van der Waals surface area contributed by atoms with Crippen molar-refractivity contribution in [1.82, 2.24) is 10.2 Å². The van der Waals surface area contributed by atoms with Crippen molar-refractivity contribution in [2.75, 3.05) is 20.3 Å². The number of carboxylic acid groups (broad SMARTS) is 1. The van der Waals surface area contributed by atoms with Crippen LogP contribution >= 0.6 is 0 Å². The molecule has 3 atom stereocenters. The van der Waals surface area contributed by atoms with E-state index in [0.29, 0.717) is 19.6 Å². The summed E-state index contributed by atoms with van der Waals surface area (Å²) in [4.78, 5) is 24.8. The Labute approximate surface area is 114 Å². The SMILES string of the molecule is COCC(NC(=O)N1CCC(C(=O)O)C1C)C(C)C. The minimum Gasteiger partial charge on any atom is -0.481 e. The summed E-state index contributed by atoms with van der Waals surface area (Å²) < 4.78 is 5.09. The molecular weight excluding hydrogens is 248 g/mol. The number of nitrogens with zero attached hydrogens (tertiary/aromatic N) is 1. The van der Waals surface area contributed by atoms with Crippen molar-refractivity contribution in [3.05, 3.63) is 0 Å². The molecule has 1 rings (SSSR count). The third-order valence-corrected chi connectivity index (χ3v) is 3.79. The number of methoxy groups -OCH3 is 1. The summed E-state index contributed by atoms with van der Waals surface area (Å²) in [7, 11) is 1.60. The molecule has 3 unspecified atom stereocenters. The Morgan fingerprint density at radius 3 is 2.53 bits per heavy atom. The zero-order chi connectivity index (χ0) is 14.6. The minimum atomic E-state index is -0.833. The lowest BCUT2D eigenvalue weighted by molar-refractivity contribution is -0.142. The smallest absolute Gasteiger partial charge is 0.317 e. The van der Waals surface area contributed by atoms with Crippen molar-refractivity contribution in [3.63, 3.8) is 0 Å². The Balaban J connectivity index is 2.61. The normalized spacial score (nSPS) is 24.6. The van der Waals surface area contributed by atoms with Crippen molar-refractivity contribution in [2.24, 2.45) is 11.8 Å². The number of urea groups is 1. The molecule has 1 aliphatic heterocycles. The Hall–Kier alpha value is -1.30. The number of ether oxygens (including phenoxy) is 1. The van der Waals surface area contributed by atoms with Crippen LogP contribution in [0, 0.1) is 11.8 Å². The van der Waals surface area contributed by atoms with Crippen LogP contribution in [0.25, 0.3) is 0 Å². The van der Waals surface area contributed by atoms with Gasteiger partial charge in [0, 0.05) is 19.7 Å². The maximum absolute atomic E-state index is 12.2. The fourth-order valence-electron chi connectivity index (χ4n) is 2.38. The molecule has 1 saturated heterocycles. The quantitative estimate of drug-likeness (QED) is 0.787. The van der Waals surface area contributed by atoms with Crippen LogP contribution < -0.4 is 5.32 Å². The Morgan fingerprint density at radius 1 is 1.47 bits per heavy atom. The number of carbonyl (C=O) groups is 2. The van der Waals surface area contributed by atoms with Gasteiger partial charge in [0.2, 0.25) is 0 Å². The van der Waals surface area contributed by atoms with Crippen LogP contribution in [0.15, 0.2) is 0 Å². The number of hydrogen-bond donors (Lipinski definition) is 2. The summed E-state index contributed by atoms with van der Waals surface area (Å²) in [5.41, 5.74) is 0. The molecule has 19 heavy (non-hydrogen) atoms. The number of aliphatic carboxylic acids is 1. The molecule has 0 bridgehead atoms. The lowest BCUT2D eigenvalue weighted by Crippen LogP contribution is -2.50. The summed E-state index contributed by atoms with van der Waals surface area (Å²) in [6, 6.07) is -0.534. The van der Waals surface area contributed by atoms with Gasteiger partial charge in [-0.3, -0.25) is 4.79 Å². The van der Waals surface area contributed by atoms with E-state index in [1.54, 1.807) is 18.9 Å². The average molecular weight is 272 g/mol. The summed E-state index contributed by atoms with van der Waals surface area (Å²) in [5.74, 6) is -1.04. The molecule has 2 amide bonds. The molecule has 0 aliphatic carbocycles. The Kier molecular flexibility index (Phi) is 5.60. The molecular formula is C13H24N2O4. The van der Waals surface area contributed by atoms with Crippen LogP contribution in [0.2, 0.25) is 0 Å². The molecule has 6 heteroatoms. The van der Waals surface area contributed by atoms with E-state index in [9.17, 15) is 9.59 Å². The first kappa shape index (κ1) is 15.8. The van der Waals surface area contributed by atoms with E-state index in [4.69, 9.17) is 9.84 Å². The molecule has 0 aromatic rings. The number of amides is 2. The number of hydrogen-bond acceptors (Lipinski definition) is 3. The molecule has 1 fully saturated rings. The highest BCUT2D eigenvalue weighted by Crippen LogP contribution is 2.24. The van der Waals surface area contributed by atoms with Gasteiger partial charge in [0.05, 0.1) is 18.6 Å². The van der Waals surface area contributed by atoms with Crippen molar-refractivity contribution in [3.8, 4) is 0 Å². The summed E-state index contributed by atoms with van der Waals surface area (Å²) >= 11 is 0. The standard InChI is InChI=1S/C13H24N2O4/c1-8(2)11(7-19-4)14-13(18)15-6-5-10(9(15)3)12(16)17/h8-11H,5-7H2,1-4H3,(H,14,18)(H,16,17). The van der Waals surface area contributed by atoms with E-state index in [0.717, 1.165) is 0 Å². The molecule has 6 nitrogen and oxygen atoms in total. The van der Waals surface area contributed by atoms with Crippen molar-refractivity contribution < 1.29 is 19.4 Å². The van der Waals surface area contributed by atoms with Gasteiger partial charge in [0.15, 0.2) is 0 Å². The number of carboxylic acids is 1. The molecule has 0 radical (unpaired) electrons. The fourth-order valence-corrected chi connectivity index (χ4v) is 2.38. The molecule has 1 aliphatic rings. The molecule has 1 heterocycles. The fraction of sp³-hybridized carbons (Fsp3) is 0.846. The van der Waals surface area contributed by atoms with Crippen molar-refractivity contribution in [2.45, 2.75) is 39.3 Å². The summed E-state index contributed by atoms with van der Waals surface area (Å²) in [6.45, 7) is 6.75. The molecule has 110 valence electrons. The Morgan fingerprint density at radius 2 is 2.11 bits per heavy atom. The minimum absolute atomic E-state index is 0.0615. The van der Waals surface area contributed by atoms with Crippen LogP contribution in [0.5, 0.6) is 0 Å². The van der Waals surface area contributed by atoms with Gasteiger partial charge < -0.3 is 20.1 Å². The van der Waals surface area contributed by atoms with Gasteiger partial charge in [-0.25, -0.2) is 4.79 Å². The maximum atomic E-state index is 12.2. The lowest BCUT2D eigenvalue weighted by Gasteiger charge is -2.28. The van der Waals surface area contributed by atoms with E-state index in [1.165, 1.54) is 0 Å². The van der Waals surface area contributed by atoms with E-state index in [1.807, 2.05) is 13.8 Å². The van der Waals surface area contributed by atoms with Gasteiger partial charge in [-0.1, -0.05) is 13.8 Å². The van der Waals surface area contributed by atoms with E-state index in [-0.39, 0.29) is 24.0 Å². The van der Waals surface area contributed by atoms with Crippen molar-refractivity contribution >= 4 is 12.0 Å². The summed E-state index contributed by atoms with van der Waals surface area (Å²) in [6.07, 6.45) is 0.514. The second-order valence-corrected chi connectivity index (χ2v) is 5.42. The molecule has 0 saturated carbocycles. The van der Waals surface area contributed by atoms with Crippen LogP contribution in [-0.2, 0) is 9.53 Å².